The van der Waals surface area contributed by atoms with E-state index in [4.69, 9.17) is 9.94 Å². The lowest BCUT2D eigenvalue weighted by molar-refractivity contribution is -0.129. The average molecular weight is 514 g/mol. The highest BCUT2D eigenvalue weighted by Gasteiger charge is 2.05. The van der Waals surface area contributed by atoms with Crippen LogP contribution >= 0.6 is 12.4 Å². The first-order chi connectivity index (χ1) is 17.0. The van der Waals surface area contributed by atoms with Crippen LogP contribution in [-0.4, -0.2) is 33.6 Å². The third kappa shape index (κ3) is 9.89. The molecule has 1 heterocycles. The third-order valence-corrected chi connectivity index (χ3v) is 5.19. The van der Waals surface area contributed by atoms with E-state index in [-0.39, 0.29) is 24.2 Å². The fourth-order valence-corrected chi connectivity index (χ4v) is 3.46. The first-order valence-electron chi connectivity index (χ1n) is 11.7. The normalized spacial score (nSPS) is 10.2. The van der Waals surface area contributed by atoms with Crippen molar-refractivity contribution < 1.29 is 19.5 Å². The Bertz CT molecular complexity index is 1110. The predicted octanol–water partition coefficient (Wildman–Crippen LogP) is 5.49. The number of aromatic nitrogens is 2. The Morgan fingerprint density at radius 1 is 0.944 bits per heavy atom. The number of nitrogens with zero attached hydrogens (tertiary/aromatic N) is 2. The standard InChI is InChI=1S/C26H31N5O4.ClH/c1-19(32)28-21-13-11-20(12-14-21)24-15-16-27-26(30-24)29-22-8-7-9-23(18-22)35-17-6-4-2-3-5-10-25(33)31-34;/h7-9,11-16,18,34H,2-6,10,17H2,1H3,(H,28,32)(H,31,33)(H,27,29,30);1H. The highest BCUT2D eigenvalue weighted by molar-refractivity contribution is 5.88. The van der Waals surface area contributed by atoms with Gasteiger partial charge in [-0.3, -0.25) is 14.8 Å². The molecule has 192 valence electrons. The second-order valence-electron chi connectivity index (χ2n) is 8.08. The number of hydrogen-bond acceptors (Lipinski definition) is 7. The molecule has 2 aromatic carbocycles. The molecule has 0 radical (unpaired) electrons. The van der Waals surface area contributed by atoms with Gasteiger partial charge in [0.2, 0.25) is 17.8 Å². The summed E-state index contributed by atoms with van der Waals surface area (Å²) < 4.78 is 5.87. The SMILES string of the molecule is CC(=O)Nc1ccc(-c2ccnc(Nc3cccc(OCCCCCCCC(=O)NO)c3)n2)cc1.Cl. The summed E-state index contributed by atoms with van der Waals surface area (Å²) >= 11 is 0. The van der Waals surface area contributed by atoms with Gasteiger partial charge in [-0.05, 0) is 43.2 Å². The first kappa shape index (κ1) is 28.5. The lowest BCUT2D eigenvalue weighted by Crippen LogP contribution is -2.17. The predicted molar refractivity (Wildman–Crippen MR) is 142 cm³/mol. The minimum Gasteiger partial charge on any atom is -0.494 e. The van der Waals surface area contributed by atoms with Crippen LogP contribution in [0, 0.1) is 0 Å². The van der Waals surface area contributed by atoms with Gasteiger partial charge >= 0.3 is 0 Å². The zero-order valence-corrected chi connectivity index (χ0v) is 21.0. The van der Waals surface area contributed by atoms with Crippen molar-refractivity contribution in [3.63, 3.8) is 0 Å². The van der Waals surface area contributed by atoms with Gasteiger partial charge in [0.25, 0.3) is 0 Å². The van der Waals surface area contributed by atoms with Gasteiger partial charge in [-0.25, -0.2) is 15.4 Å². The molecular weight excluding hydrogens is 482 g/mol. The van der Waals surface area contributed by atoms with Crippen molar-refractivity contribution in [2.75, 3.05) is 17.2 Å². The van der Waals surface area contributed by atoms with Crippen LogP contribution in [0.2, 0.25) is 0 Å². The van der Waals surface area contributed by atoms with Crippen LogP contribution in [0.25, 0.3) is 11.3 Å². The number of halogens is 1. The van der Waals surface area contributed by atoms with Crippen molar-refractivity contribution in [1.29, 1.82) is 0 Å². The van der Waals surface area contributed by atoms with E-state index in [1.165, 1.54) is 6.92 Å². The van der Waals surface area contributed by atoms with Crippen LogP contribution in [0.4, 0.5) is 17.3 Å². The van der Waals surface area contributed by atoms with E-state index in [1.807, 2.05) is 54.6 Å². The topological polar surface area (TPSA) is 125 Å². The maximum atomic E-state index is 11.2. The Morgan fingerprint density at radius 2 is 1.69 bits per heavy atom. The molecule has 0 saturated carbocycles. The minimum atomic E-state index is -0.337. The lowest BCUT2D eigenvalue weighted by Gasteiger charge is -2.10. The highest BCUT2D eigenvalue weighted by atomic mass is 35.5. The second-order valence-corrected chi connectivity index (χ2v) is 8.08. The fraction of sp³-hybridized carbons (Fsp3) is 0.308. The van der Waals surface area contributed by atoms with Gasteiger partial charge in [-0.15, -0.1) is 12.4 Å². The summed E-state index contributed by atoms with van der Waals surface area (Å²) in [7, 11) is 0. The van der Waals surface area contributed by atoms with E-state index in [2.05, 4.69) is 20.6 Å². The number of nitrogens with one attached hydrogen (secondary N) is 3. The molecule has 36 heavy (non-hydrogen) atoms. The van der Waals surface area contributed by atoms with Crippen molar-refractivity contribution in [2.45, 2.75) is 45.4 Å². The minimum absolute atomic E-state index is 0. The van der Waals surface area contributed by atoms with Crippen molar-refractivity contribution >= 4 is 41.5 Å². The molecule has 10 heteroatoms. The summed E-state index contributed by atoms with van der Waals surface area (Å²) in [6, 6.07) is 17.0. The summed E-state index contributed by atoms with van der Waals surface area (Å²) in [6.45, 7) is 2.09. The molecule has 9 nitrogen and oxygen atoms in total. The van der Waals surface area contributed by atoms with Crippen LogP contribution < -0.4 is 20.9 Å². The molecule has 0 aliphatic heterocycles. The molecule has 1 aromatic heterocycles. The van der Waals surface area contributed by atoms with Crippen LogP contribution in [0.3, 0.4) is 0 Å². The zero-order chi connectivity index (χ0) is 24.9. The Balaban J connectivity index is 0.00000456. The Hall–Kier alpha value is -3.69. The van der Waals surface area contributed by atoms with Crippen molar-refractivity contribution in [2.24, 2.45) is 0 Å². The number of ether oxygens (including phenoxy) is 1. The van der Waals surface area contributed by atoms with Crippen LogP contribution in [0.5, 0.6) is 5.75 Å². The smallest absolute Gasteiger partial charge is 0.243 e. The van der Waals surface area contributed by atoms with Gasteiger partial charge in [0, 0.05) is 42.5 Å². The number of carbonyl (C=O) groups is 2. The third-order valence-electron chi connectivity index (χ3n) is 5.19. The molecule has 3 aromatic rings. The van der Waals surface area contributed by atoms with Gasteiger partial charge in [0.05, 0.1) is 12.3 Å². The van der Waals surface area contributed by atoms with E-state index < -0.39 is 0 Å². The summed E-state index contributed by atoms with van der Waals surface area (Å²) in [4.78, 5) is 31.1. The van der Waals surface area contributed by atoms with Gasteiger partial charge in [-0.1, -0.05) is 37.5 Å². The van der Waals surface area contributed by atoms with E-state index in [0.29, 0.717) is 19.0 Å². The number of rotatable bonds is 13. The van der Waals surface area contributed by atoms with Gasteiger partial charge in [0.15, 0.2) is 0 Å². The summed E-state index contributed by atoms with van der Waals surface area (Å²) in [5.74, 6) is 0.788. The first-order valence-corrected chi connectivity index (χ1v) is 11.7. The number of hydrogen-bond donors (Lipinski definition) is 4. The van der Waals surface area contributed by atoms with Crippen molar-refractivity contribution in [1.82, 2.24) is 15.4 Å². The van der Waals surface area contributed by atoms with Gasteiger partial charge in [-0.2, -0.15) is 0 Å². The summed E-state index contributed by atoms with van der Waals surface area (Å²) in [5.41, 5.74) is 4.88. The number of unbranched alkanes of at least 4 members (excludes halogenated alkanes) is 4. The van der Waals surface area contributed by atoms with Gasteiger partial charge in [0.1, 0.15) is 5.75 Å². The number of hydroxylamine groups is 1. The number of carbonyl (C=O) groups excluding carboxylic acids is 2. The summed E-state index contributed by atoms with van der Waals surface area (Å²) in [5, 5.41) is 14.4. The Labute approximate surface area is 217 Å². The van der Waals surface area contributed by atoms with Crippen LogP contribution in [-0.2, 0) is 9.59 Å². The zero-order valence-electron chi connectivity index (χ0n) is 20.2. The molecule has 2 amide bonds. The van der Waals surface area contributed by atoms with E-state index >= 15 is 0 Å². The molecule has 4 N–H and O–H groups in total. The molecule has 0 bridgehead atoms. The quantitative estimate of drug-likeness (QED) is 0.135. The van der Waals surface area contributed by atoms with Crippen LogP contribution in [0.1, 0.15) is 45.4 Å². The largest absolute Gasteiger partial charge is 0.494 e. The van der Waals surface area contributed by atoms with Crippen molar-refractivity contribution in [3.8, 4) is 17.0 Å². The Kier molecular flexibility index (Phi) is 12.2. The second kappa shape index (κ2) is 15.3. The maximum Gasteiger partial charge on any atom is 0.243 e. The Morgan fingerprint density at radius 3 is 2.44 bits per heavy atom. The lowest BCUT2D eigenvalue weighted by atomic mass is 10.1. The molecule has 0 unspecified atom stereocenters. The maximum absolute atomic E-state index is 11.2. The highest BCUT2D eigenvalue weighted by Crippen LogP contribution is 2.23. The molecule has 0 fully saturated rings. The molecule has 0 aliphatic carbocycles. The van der Waals surface area contributed by atoms with E-state index in [1.54, 1.807) is 11.7 Å². The molecule has 3 rings (SSSR count). The van der Waals surface area contributed by atoms with Gasteiger partial charge < -0.3 is 15.4 Å². The van der Waals surface area contributed by atoms with Crippen LogP contribution in [0.15, 0.2) is 60.8 Å². The van der Waals surface area contributed by atoms with E-state index in [9.17, 15) is 9.59 Å². The summed E-state index contributed by atoms with van der Waals surface area (Å²) in [6.07, 6.45) is 6.74. The van der Waals surface area contributed by atoms with Crippen molar-refractivity contribution in [3.05, 3.63) is 60.8 Å². The fourth-order valence-electron chi connectivity index (χ4n) is 3.46. The monoisotopic (exact) mass is 513 g/mol. The molecule has 0 aliphatic rings. The molecule has 0 saturated heterocycles. The molecular formula is C26H32ClN5O4. The number of benzene rings is 2. The number of amides is 2. The number of anilines is 3. The average Bonchev–Trinajstić information content (AvgIpc) is 2.86. The molecule has 0 spiro atoms. The van der Waals surface area contributed by atoms with E-state index in [0.717, 1.165) is 60.5 Å². The molecule has 0 atom stereocenters.